The Kier molecular flexibility index (Phi) is 4.53. The first-order valence-corrected chi connectivity index (χ1v) is 7.84. The number of benzene rings is 2. The van der Waals surface area contributed by atoms with Gasteiger partial charge in [-0.05, 0) is 37.2 Å². The smallest absolute Gasteiger partial charge is 0.258 e. The van der Waals surface area contributed by atoms with Crippen LogP contribution in [0.1, 0.15) is 17.0 Å². The van der Waals surface area contributed by atoms with E-state index in [0.717, 1.165) is 30.9 Å². The van der Waals surface area contributed by atoms with Crippen LogP contribution in [0.5, 0.6) is 0 Å². The molecule has 0 aliphatic heterocycles. The molecule has 0 atom stereocenters. The number of H-pyrrole nitrogens is 1. The van der Waals surface area contributed by atoms with E-state index in [0.29, 0.717) is 5.39 Å². The van der Waals surface area contributed by atoms with Crippen molar-refractivity contribution in [2.75, 3.05) is 13.6 Å². The van der Waals surface area contributed by atoms with Gasteiger partial charge in [-0.15, -0.1) is 0 Å². The lowest BCUT2D eigenvalue weighted by Gasteiger charge is -2.17. The molecule has 0 saturated heterocycles. The number of aromatic amines is 1. The third-order valence-corrected chi connectivity index (χ3v) is 4.09. The zero-order valence-corrected chi connectivity index (χ0v) is 13.5. The lowest BCUT2D eigenvalue weighted by Crippen LogP contribution is -2.23. The number of rotatable bonds is 5. The van der Waals surface area contributed by atoms with Crippen molar-refractivity contribution in [1.82, 2.24) is 14.9 Å². The summed E-state index contributed by atoms with van der Waals surface area (Å²) in [5.74, 6) is 0.741. The molecule has 0 amide bonds. The van der Waals surface area contributed by atoms with E-state index < -0.39 is 0 Å². The second-order valence-corrected chi connectivity index (χ2v) is 5.94. The van der Waals surface area contributed by atoms with Gasteiger partial charge in [-0.2, -0.15) is 0 Å². The average molecular weight is 307 g/mol. The molecule has 0 unspecified atom stereocenters. The van der Waals surface area contributed by atoms with Crippen molar-refractivity contribution in [3.8, 4) is 0 Å². The third-order valence-electron chi connectivity index (χ3n) is 4.09. The largest absolute Gasteiger partial charge is 0.310 e. The number of hydrogen-bond donors (Lipinski definition) is 1. The van der Waals surface area contributed by atoms with E-state index in [1.54, 1.807) is 6.07 Å². The van der Waals surface area contributed by atoms with Crippen molar-refractivity contribution in [3.05, 3.63) is 75.8 Å². The second-order valence-electron chi connectivity index (χ2n) is 5.94. The van der Waals surface area contributed by atoms with E-state index in [1.807, 2.05) is 18.2 Å². The topological polar surface area (TPSA) is 49.0 Å². The van der Waals surface area contributed by atoms with Crippen LogP contribution in [0.15, 0.2) is 53.3 Å². The Bertz CT molecular complexity index is 870. The minimum atomic E-state index is -0.0628. The minimum absolute atomic E-state index is 0.0628. The van der Waals surface area contributed by atoms with E-state index in [4.69, 9.17) is 0 Å². The van der Waals surface area contributed by atoms with E-state index in [1.165, 1.54) is 11.1 Å². The van der Waals surface area contributed by atoms with Gasteiger partial charge in [0.2, 0.25) is 0 Å². The highest BCUT2D eigenvalue weighted by molar-refractivity contribution is 5.77. The monoisotopic (exact) mass is 307 g/mol. The molecule has 1 N–H and O–H groups in total. The molecule has 1 heterocycles. The van der Waals surface area contributed by atoms with E-state index in [2.05, 4.69) is 53.1 Å². The number of hydrogen-bond acceptors (Lipinski definition) is 3. The van der Waals surface area contributed by atoms with Gasteiger partial charge < -0.3 is 9.88 Å². The first kappa shape index (κ1) is 15.4. The van der Waals surface area contributed by atoms with E-state index in [-0.39, 0.29) is 5.56 Å². The molecule has 0 spiro atoms. The van der Waals surface area contributed by atoms with Crippen LogP contribution in [0.3, 0.4) is 0 Å². The van der Waals surface area contributed by atoms with Gasteiger partial charge >= 0.3 is 0 Å². The van der Waals surface area contributed by atoms with Crippen molar-refractivity contribution >= 4 is 10.9 Å². The van der Waals surface area contributed by atoms with Gasteiger partial charge in [-0.1, -0.05) is 36.4 Å². The van der Waals surface area contributed by atoms with Gasteiger partial charge in [-0.3, -0.25) is 4.79 Å². The molecule has 23 heavy (non-hydrogen) atoms. The van der Waals surface area contributed by atoms with Crippen molar-refractivity contribution < 1.29 is 0 Å². The summed E-state index contributed by atoms with van der Waals surface area (Å²) >= 11 is 0. The molecule has 0 radical (unpaired) electrons. The summed E-state index contributed by atoms with van der Waals surface area (Å²) in [6.45, 7) is 3.87. The molecule has 3 rings (SSSR count). The summed E-state index contributed by atoms with van der Waals surface area (Å²) in [6.07, 6.45) is 0.725. The summed E-state index contributed by atoms with van der Waals surface area (Å²) in [6, 6.07) is 15.9. The van der Waals surface area contributed by atoms with Gasteiger partial charge in [0, 0.05) is 19.5 Å². The number of nitrogens with one attached hydrogen (secondary N) is 1. The molecule has 0 fully saturated rings. The summed E-state index contributed by atoms with van der Waals surface area (Å²) in [4.78, 5) is 21.8. The van der Waals surface area contributed by atoms with Gasteiger partial charge in [0.15, 0.2) is 0 Å². The van der Waals surface area contributed by atoms with E-state index >= 15 is 0 Å². The lowest BCUT2D eigenvalue weighted by atomic mass is 10.1. The van der Waals surface area contributed by atoms with Crippen LogP contribution in [0, 0.1) is 6.92 Å². The van der Waals surface area contributed by atoms with Crippen LogP contribution in [-0.4, -0.2) is 28.5 Å². The van der Waals surface area contributed by atoms with Crippen LogP contribution < -0.4 is 5.56 Å². The van der Waals surface area contributed by atoms with Crippen LogP contribution in [0.2, 0.25) is 0 Å². The highest BCUT2D eigenvalue weighted by Crippen LogP contribution is 2.10. The highest BCUT2D eigenvalue weighted by atomic mass is 16.1. The minimum Gasteiger partial charge on any atom is -0.310 e. The van der Waals surface area contributed by atoms with Crippen molar-refractivity contribution in [1.29, 1.82) is 0 Å². The van der Waals surface area contributed by atoms with E-state index in [9.17, 15) is 4.79 Å². The Labute approximate surface area is 135 Å². The zero-order chi connectivity index (χ0) is 16.2. The number of para-hydroxylation sites is 1. The molecule has 1 aromatic heterocycles. The van der Waals surface area contributed by atoms with Crippen LogP contribution in [0.25, 0.3) is 10.9 Å². The van der Waals surface area contributed by atoms with Gasteiger partial charge in [-0.25, -0.2) is 4.98 Å². The second kappa shape index (κ2) is 6.75. The average Bonchev–Trinajstić information content (AvgIpc) is 2.55. The summed E-state index contributed by atoms with van der Waals surface area (Å²) < 4.78 is 0. The lowest BCUT2D eigenvalue weighted by molar-refractivity contribution is 0.328. The Balaban J connectivity index is 1.68. The van der Waals surface area contributed by atoms with Gasteiger partial charge in [0.05, 0.1) is 10.9 Å². The number of aromatic nitrogens is 2. The Morgan fingerprint density at radius 2 is 1.83 bits per heavy atom. The molecule has 4 nitrogen and oxygen atoms in total. The Morgan fingerprint density at radius 1 is 1.09 bits per heavy atom. The Hall–Kier alpha value is -2.46. The molecule has 0 aliphatic rings. The Morgan fingerprint density at radius 3 is 2.65 bits per heavy atom. The quantitative estimate of drug-likeness (QED) is 0.788. The number of fused-ring (bicyclic) bond motifs is 1. The fraction of sp³-hybridized carbons (Fsp3) is 0.263. The zero-order valence-electron chi connectivity index (χ0n) is 13.5. The molecule has 0 saturated carbocycles. The molecule has 0 aliphatic carbocycles. The molecule has 118 valence electrons. The standard InChI is InChI=1S/C19H21N3O/c1-14-7-3-4-8-15(14)13-22(2)12-11-18-20-17-10-6-5-9-16(17)19(23)21-18/h3-10H,11-13H2,1-2H3,(H,20,21,23). The number of likely N-dealkylation sites (N-methyl/N-ethyl adjacent to an activating group) is 1. The van der Waals surface area contributed by atoms with Crippen LogP contribution in [0.4, 0.5) is 0 Å². The predicted octanol–water partition coefficient (Wildman–Crippen LogP) is 2.91. The molecule has 4 heteroatoms. The summed E-state index contributed by atoms with van der Waals surface area (Å²) in [5, 5.41) is 0.643. The fourth-order valence-electron chi connectivity index (χ4n) is 2.71. The predicted molar refractivity (Wildman–Crippen MR) is 93.6 cm³/mol. The molecule has 3 aromatic rings. The normalized spacial score (nSPS) is 11.3. The van der Waals surface area contributed by atoms with Gasteiger partial charge in [0.1, 0.15) is 5.82 Å². The third kappa shape index (κ3) is 3.66. The summed E-state index contributed by atoms with van der Waals surface area (Å²) in [5.41, 5.74) is 3.33. The number of aryl methyl sites for hydroxylation is 1. The van der Waals surface area contributed by atoms with Gasteiger partial charge in [0.25, 0.3) is 5.56 Å². The molecule has 0 bridgehead atoms. The maximum Gasteiger partial charge on any atom is 0.258 e. The molecular weight excluding hydrogens is 286 g/mol. The van der Waals surface area contributed by atoms with Crippen molar-refractivity contribution in [2.45, 2.75) is 19.9 Å². The van der Waals surface area contributed by atoms with Crippen LogP contribution in [-0.2, 0) is 13.0 Å². The SMILES string of the molecule is Cc1ccccc1CN(C)CCc1nc2ccccc2c(=O)[nH]1. The van der Waals surface area contributed by atoms with Crippen LogP contribution >= 0.6 is 0 Å². The maximum absolute atomic E-state index is 12.1. The number of nitrogens with zero attached hydrogens (tertiary/aromatic N) is 2. The van der Waals surface area contributed by atoms with Crippen molar-refractivity contribution in [3.63, 3.8) is 0 Å². The molecular formula is C19H21N3O. The summed E-state index contributed by atoms with van der Waals surface area (Å²) in [7, 11) is 2.09. The first-order valence-electron chi connectivity index (χ1n) is 7.84. The fourth-order valence-corrected chi connectivity index (χ4v) is 2.71. The maximum atomic E-state index is 12.1. The van der Waals surface area contributed by atoms with Crippen molar-refractivity contribution in [2.24, 2.45) is 0 Å². The first-order chi connectivity index (χ1) is 11.1. The molecule has 2 aromatic carbocycles. The highest BCUT2D eigenvalue weighted by Gasteiger charge is 2.06.